The Kier molecular flexibility index (Phi) is 24.5. The number of nitrogens with zero attached hydrogens (tertiary/aromatic N) is 8. The van der Waals surface area contributed by atoms with E-state index in [9.17, 15) is 74.3 Å². The van der Waals surface area contributed by atoms with Gasteiger partial charge in [-0.3, -0.25) is 47.7 Å². The zero-order valence-corrected chi connectivity index (χ0v) is 54.0. The van der Waals surface area contributed by atoms with E-state index in [-0.39, 0.29) is 112 Å². The van der Waals surface area contributed by atoms with Crippen molar-refractivity contribution in [2.24, 2.45) is 24.1 Å². The Bertz CT molecular complexity index is 4400. The summed E-state index contributed by atoms with van der Waals surface area (Å²) in [6, 6.07) is 16.4. The number of hydrogen-bond donors (Lipinski definition) is 0. The second-order valence-corrected chi connectivity index (χ2v) is 22.6. The quantitative estimate of drug-likeness (QED) is 0.0282. The van der Waals surface area contributed by atoms with E-state index in [1.54, 1.807) is 76.2 Å². The highest BCUT2D eigenvalue weighted by Gasteiger charge is 2.42. The van der Waals surface area contributed by atoms with Crippen molar-refractivity contribution in [1.29, 1.82) is 0 Å². The third kappa shape index (κ3) is 17.7. The molecule has 2 aromatic heterocycles. The molecule has 96 heavy (non-hydrogen) atoms. The van der Waals surface area contributed by atoms with Crippen molar-refractivity contribution < 1.29 is 92.3 Å². The van der Waals surface area contributed by atoms with E-state index in [0.717, 1.165) is 59.6 Å². The molecule has 2 fully saturated rings. The number of halogens is 10. The molecule has 4 aromatic carbocycles. The molecule has 6 aromatic rings. The third-order valence-electron chi connectivity index (χ3n) is 13.1. The lowest BCUT2D eigenvalue weighted by Gasteiger charge is -2.17. The lowest BCUT2D eigenvalue weighted by atomic mass is 10.1. The highest BCUT2D eigenvalue weighted by molar-refractivity contribution is 8.18. The van der Waals surface area contributed by atoms with Crippen LogP contribution in [0.15, 0.2) is 119 Å². The standard InChI is InChI=1S/C30H27ClF4N4O8S.C30H25ClF4N4O8S/c2*1-4-45-25(41)14-38-27(43)22(10-16-8-6-7-9-21(16)47-15-26(42)46-5-2)48-28(38)36-19-12-20(18(32)11-17(19)31)39-24(40)13-23(30(33,34)35)37(3)29(39)44/h6-9,11-13,22H,4-5,10,14-15H2,1-3H3;6-13H,4-5,14-15H2,1-3H3/b;22-10+,36-28?. The summed E-state index contributed by atoms with van der Waals surface area (Å²) >= 11 is 14.2. The predicted octanol–water partition coefficient (Wildman–Crippen LogP) is 8.48. The maximum absolute atomic E-state index is 15.1. The monoisotopic (exact) mass is 1430 g/mol. The molecule has 0 radical (unpaired) electrons. The van der Waals surface area contributed by atoms with Gasteiger partial charge in [0.1, 0.15) is 47.6 Å². The summed E-state index contributed by atoms with van der Waals surface area (Å²) in [5.41, 5.74) is -10.2. The van der Waals surface area contributed by atoms with E-state index in [1.807, 2.05) is 0 Å². The molecule has 0 saturated carbocycles. The third-order valence-corrected chi connectivity index (χ3v) is 15.9. The first-order valence-electron chi connectivity index (χ1n) is 28.0. The molecule has 2 saturated heterocycles. The van der Waals surface area contributed by atoms with Crippen LogP contribution in [0.1, 0.15) is 50.2 Å². The first-order valence-corrected chi connectivity index (χ1v) is 30.5. The molecule has 1 unspecified atom stereocenters. The van der Waals surface area contributed by atoms with Crippen molar-refractivity contribution in [1.82, 2.24) is 28.1 Å². The van der Waals surface area contributed by atoms with Crippen LogP contribution in [0.4, 0.5) is 46.5 Å². The maximum Gasteiger partial charge on any atom is 0.431 e. The Hall–Kier alpha value is -9.54. The summed E-state index contributed by atoms with van der Waals surface area (Å²) in [6.07, 6.45) is -8.63. The lowest BCUT2D eigenvalue weighted by molar-refractivity contribution is -0.146. The molecule has 510 valence electrons. The number of alkyl halides is 6. The Labute approximate surface area is 555 Å². The van der Waals surface area contributed by atoms with Crippen molar-refractivity contribution in [2.45, 2.75) is 51.7 Å². The molecule has 24 nitrogen and oxygen atoms in total. The number of aliphatic imine (C=N–C) groups is 2. The number of carbonyl (C=O) groups is 6. The van der Waals surface area contributed by atoms with Crippen LogP contribution >= 0.6 is 46.7 Å². The molecule has 0 aliphatic carbocycles. The van der Waals surface area contributed by atoms with Gasteiger partial charge in [-0.2, -0.15) is 26.3 Å². The minimum absolute atomic E-state index is 0.00164. The lowest BCUT2D eigenvalue weighted by Crippen LogP contribution is -2.41. The summed E-state index contributed by atoms with van der Waals surface area (Å²) in [5, 5.41) is -1.84. The van der Waals surface area contributed by atoms with Crippen molar-refractivity contribution in [3.8, 4) is 22.9 Å². The van der Waals surface area contributed by atoms with Crippen LogP contribution in [0, 0.1) is 11.6 Å². The fraction of sp³-hybridized carbons (Fsp3) is 0.300. The highest BCUT2D eigenvalue weighted by Crippen LogP contribution is 2.40. The minimum Gasteiger partial charge on any atom is -0.482 e. The number of ether oxygens (including phenoxy) is 6. The minimum atomic E-state index is -5.05. The molecule has 2 aliphatic heterocycles. The second-order valence-electron chi connectivity index (χ2n) is 19.6. The van der Waals surface area contributed by atoms with Gasteiger partial charge in [0.05, 0.1) is 69.4 Å². The van der Waals surface area contributed by atoms with Crippen LogP contribution in [0.25, 0.3) is 17.5 Å². The van der Waals surface area contributed by atoms with E-state index in [4.69, 9.17) is 51.6 Å². The van der Waals surface area contributed by atoms with Crippen molar-refractivity contribution in [3.05, 3.63) is 176 Å². The second kappa shape index (κ2) is 31.8. The number of esters is 4. The van der Waals surface area contributed by atoms with Crippen LogP contribution in [0.2, 0.25) is 10.0 Å². The molecule has 8 rings (SSSR count). The molecular weight excluding hydrogens is 1380 g/mol. The number of carbonyl (C=O) groups excluding carboxylic acids is 6. The fourth-order valence-corrected chi connectivity index (χ4v) is 11.4. The smallest absolute Gasteiger partial charge is 0.431 e. The van der Waals surface area contributed by atoms with Gasteiger partial charge < -0.3 is 28.4 Å². The molecule has 0 bridgehead atoms. The van der Waals surface area contributed by atoms with Crippen LogP contribution in [-0.2, 0) is 80.6 Å². The zero-order valence-electron chi connectivity index (χ0n) is 50.8. The van der Waals surface area contributed by atoms with Gasteiger partial charge in [-0.25, -0.2) is 47.1 Å². The Balaban J connectivity index is 0.000000271. The van der Waals surface area contributed by atoms with Gasteiger partial charge >= 0.3 is 47.6 Å². The normalized spacial score (nSPS) is 15.2. The van der Waals surface area contributed by atoms with Crippen molar-refractivity contribution >= 4 is 110 Å². The highest BCUT2D eigenvalue weighted by atomic mass is 35.5. The number of amidine groups is 2. The summed E-state index contributed by atoms with van der Waals surface area (Å²) in [6.45, 7) is 4.75. The number of thioether (sulfide) groups is 2. The van der Waals surface area contributed by atoms with Crippen LogP contribution in [-0.4, -0.2) is 132 Å². The van der Waals surface area contributed by atoms with E-state index < -0.39 is 130 Å². The molecule has 4 heterocycles. The molecule has 36 heteroatoms. The topological polar surface area (TPSA) is 277 Å². The van der Waals surface area contributed by atoms with Gasteiger partial charge in [-0.1, -0.05) is 71.4 Å². The summed E-state index contributed by atoms with van der Waals surface area (Å²) in [7, 11) is 1.53. The summed E-state index contributed by atoms with van der Waals surface area (Å²) in [4.78, 5) is 137. The van der Waals surface area contributed by atoms with E-state index in [1.165, 1.54) is 6.08 Å². The first kappa shape index (κ1) is 73.9. The first-order chi connectivity index (χ1) is 45.3. The van der Waals surface area contributed by atoms with Crippen LogP contribution in [0.3, 0.4) is 0 Å². The molecular formula is C60H52Cl2F8N8O16S2. The molecule has 2 amide bonds. The van der Waals surface area contributed by atoms with Crippen LogP contribution in [0.5, 0.6) is 11.5 Å². The largest absolute Gasteiger partial charge is 0.482 e. The maximum atomic E-state index is 15.1. The van der Waals surface area contributed by atoms with Crippen molar-refractivity contribution in [3.63, 3.8) is 0 Å². The fourth-order valence-electron chi connectivity index (χ4n) is 8.85. The average Bonchev–Trinajstić information content (AvgIpc) is 0.966. The average molecular weight is 1430 g/mol. The number of benzene rings is 4. The van der Waals surface area contributed by atoms with Crippen LogP contribution < -0.4 is 32.0 Å². The van der Waals surface area contributed by atoms with Gasteiger partial charge in [0.25, 0.3) is 17.0 Å². The van der Waals surface area contributed by atoms with Gasteiger partial charge in [0.2, 0.25) is 5.91 Å². The number of amides is 2. The predicted molar refractivity (Wildman–Crippen MR) is 333 cm³/mol. The van der Waals surface area contributed by atoms with E-state index >= 15 is 8.78 Å². The van der Waals surface area contributed by atoms with Gasteiger partial charge in [0.15, 0.2) is 23.5 Å². The van der Waals surface area contributed by atoms with Gasteiger partial charge in [-0.05, 0) is 93.9 Å². The van der Waals surface area contributed by atoms with Crippen molar-refractivity contribution in [2.75, 3.05) is 52.7 Å². The number of rotatable bonds is 21. The SMILES string of the molecule is CCOC(=O)COc1ccccc1/C=C1/SC(=Nc2cc(-n3c(=O)cc(C(F)(F)F)n(C)c3=O)c(F)cc2Cl)N(CC(=O)OCC)C1=O.CCOC(=O)COc1ccccc1CC1SC(=Nc2cc(-n3c(=O)cc(C(F)(F)F)n(C)c3=O)c(F)cc2Cl)N(CC(=O)OCC)C1=O. The molecule has 0 N–H and O–H groups in total. The Morgan fingerprint density at radius 1 is 0.573 bits per heavy atom. The Morgan fingerprint density at radius 3 is 1.48 bits per heavy atom. The van der Waals surface area contributed by atoms with E-state index in [2.05, 4.69) is 9.98 Å². The molecule has 0 spiro atoms. The number of aromatic nitrogens is 4. The number of hydrogen-bond acceptors (Lipinski definition) is 20. The van der Waals surface area contributed by atoms with Gasteiger partial charge in [0, 0.05) is 31.8 Å². The number of para-hydroxylation sites is 2. The zero-order chi connectivity index (χ0) is 70.7. The summed E-state index contributed by atoms with van der Waals surface area (Å²) < 4.78 is 142. The molecule has 1 atom stereocenters. The van der Waals surface area contributed by atoms with E-state index in [0.29, 0.717) is 29.0 Å². The van der Waals surface area contributed by atoms with Gasteiger partial charge in [-0.15, -0.1) is 0 Å². The Morgan fingerprint density at radius 2 is 1.00 bits per heavy atom. The summed E-state index contributed by atoms with van der Waals surface area (Å²) in [5.74, 6) is -6.00. The molecule has 2 aliphatic rings.